The highest BCUT2D eigenvalue weighted by atomic mass is 35.5. The first kappa shape index (κ1) is 9.81. The Hall–Kier alpha value is -0.730. The van der Waals surface area contributed by atoms with Crippen LogP contribution in [0.15, 0.2) is 24.3 Å². The number of rotatable bonds is 3. The lowest BCUT2D eigenvalue weighted by atomic mass is 10.0. The Kier molecular flexibility index (Phi) is 2.94. The molecule has 0 unspecified atom stereocenters. The summed E-state index contributed by atoms with van der Waals surface area (Å²) in [7, 11) is 2.12. The molecule has 2 rings (SSSR count). The van der Waals surface area contributed by atoms with Gasteiger partial charge in [-0.2, -0.15) is 0 Å². The minimum Gasteiger partial charge on any atom is -0.374 e. The van der Waals surface area contributed by atoms with Gasteiger partial charge in [-0.15, -0.1) is 0 Å². The summed E-state index contributed by atoms with van der Waals surface area (Å²) in [5.41, 5.74) is 1.20. The van der Waals surface area contributed by atoms with Crippen molar-refractivity contribution in [2.24, 2.45) is 5.92 Å². The minimum absolute atomic E-state index is 0.791. The summed E-state index contributed by atoms with van der Waals surface area (Å²) < 4.78 is 0. The number of hydrogen-bond acceptors (Lipinski definition) is 2. The van der Waals surface area contributed by atoms with Gasteiger partial charge in [0.1, 0.15) is 0 Å². The van der Waals surface area contributed by atoms with E-state index in [2.05, 4.69) is 23.3 Å². The maximum Gasteiger partial charge on any atom is 0.0426 e. The third-order valence-electron chi connectivity index (χ3n) is 2.65. The summed E-state index contributed by atoms with van der Waals surface area (Å²) in [5, 5.41) is 4.08. The van der Waals surface area contributed by atoms with Gasteiger partial charge in [0.2, 0.25) is 0 Å². The van der Waals surface area contributed by atoms with Crippen LogP contribution in [0, 0.1) is 5.92 Å². The molecule has 0 aromatic heterocycles. The molecule has 14 heavy (non-hydrogen) atoms. The van der Waals surface area contributed by atoms with E-state index in [1.54, 1.807) is 0 Å². The molecule has 1 aliphatic heterocycles. The largest absolute Gasteiger partial charge is 0.374 e. The number of benzene rings is 1. The summed E-state index contributed by atoms with van der Waals surface area (Å²) in [5.74, 6) is 0.791. The molecular weight excluding hydrogens is 196 g/mol. The molecule has 1 saturated heterocycles. The van der Waals surface area contributed by atoms with Gasteiger partial charge in [-0.1, -0.05) is 17.7 Å². The highest BCUT2D eigenvalue weighted by Gasteiger charge is 2.18. The molecule has 76 valence electrons. The van der Waals surface area contributed by atoms with Crippen LogP contribution in [-0.4, -0.2) is 26.7 Å². The van der Waals surface area contributed by atoms with Crippen molar-refractivity contribution in [1.29, 1.82) is 0 Å². The maximum absolute atomic E-state index is 5.93. The van der Waals surface area contributed by atoms with Crippen LogP contribution in [0.4, 0.5) is 5.69 Å². The molecule has 0 atom stereocenters. The summed E-state index contributed by atoms with van der Waals surface area (Å²) in [6.07, 6.45) is 0. The average molecular weight is 211 g/mol. The van der Waals surface area contributed by atoms with Crippen LogP contribution < -0.4 is 10.2 Å². The number of halogens is 1. The maximum atomic E-state index is 5.93. The van der Waals surface area contributed by atoms with Crippen molar-refractivity contribution in [3.8, 4) is 0 Å². The fourth-order valence-electron chi connectivity index (χ4n) is 1.68. The van der Waals surface area contributed by atoms with E-state index in [9.17, 15) is 0 Å². The van der Waals surface area contributed by atoms with Gasteiger partial charge in [0, 0.05) is 43.3 Å². The SMILES string of the molecule is CN(CC1CNC1)c1cccc(Cl)c1. The van der Waals surface area contributed by atoms with Gasteiger partial charge < -0.3 is 10.2 Å². The predicted molar refractivity (Wildman–Crippen MR) is 61.1 cm³/mol. The Morgan fingerprint density at radius 1 is 1.50 bits per heavy atom. The van der Waals surface area contributed by atoms with Crippen molar-refractivity contribution in [1.82, 2.24) is 5.32 Å². The zero-order chi connectivity index (χ0) is 9.97. The Morgan fingerprint density at radius 3 is 2.86 bits per heavy atom. The number of hydrogen-bond donors (Lipinski definition) is 1. The van der Waals surface area contributed by atoms with E-state index in [-0.39, 0.29) is 0 Å². The smallest absolute Gasteiger partial charge is 0.0426 e. The molecule has 0 bridgehead atoms. The zero-order valence-corrected chi connectivity index (χ0v) is 9.09. The lowest BCUT2D eigenvalue weighted by Crippen LogP contribution is -2.47. The normalized spacial score (nSPS) is 16.4. The molecule has 1 aromatic carbocycles. The van der Waals surface area contributed by atoms with Gasteiger partial charge in [0.25, 0.3) is 0 Å². The highest BCUT2D eigenvalue weighted by Crippen LogP contribution is 2.19. The van der Waals surface area contributed by atoms with Crippen LogP contribution in [-0.2, 0) is 0 Å². The van der Waals surface area contributed by atoms with Crippen LogP contribution in [0.2, 0.25) is 5.02 Å². The molecule has 1 aliphatic rings. The average Bonchev–Trinajstić information content (AvgIpc) is 2.11. The van der Waals surface area contributed by atoms with E-state index < -0.39 is 0 Å². The van der Waals surface area contributed by atoms with E-state index in [1.807, 2.05) is 18.2 Å². The van der Waals surface area contributed by atoms with Crippen molar-refractivity contribution in [3.05, 3.63) is 29.3 Å². The Balaban J connectivity index is 1.98. The molecular formula is C11H15ClN2. The molecule has 0 saturated carbocycles. The molecule has 0 amide bonds. The number of anilines is 1. The van der Waals surface area contributed by atoms with Gasteiger partial charge >= 0.3 is 0 Å². The van der Waals surface area contributed by atoms with Crippen molar-refractivity contribution < 1.29 is 0 Å². The molecule has 3 heteroatoms. The standard InChI is InChI=1S/C11H15ClN2/c1-14(8-9-6-13-7-9)11-4-2-3-10(12)5-11/h2-5,9,13H,6-8H2,1H3. The summed E-state index contributed by atoms with van der Waals surface area (Å²) in [4.78, 5) is 2.26. The molecule has 1 fully saturated rings. The van der Waals surface area contributed by atoms with Gasteiger partial charge in [-0.25, -0.2) is 0 Å². The molecule has 1 N–H and O–H groups in total. The van der Waals surface area contributed by atoms with Crippen molar-refractivity contribution in [3.63, 3.8) is 0 Å². The fourth-order valence-corrected chi connectivity index (χ4v) is 1.87. The number of nitrogens with zero attached hydrogens (tertiary/aromatic N) is 1. The molecule has 1 aromatic rings. The summed E-state index contributed by atoms with van der Waals surface area (Å²) in [6.45, 7) is 3.39. The Labute approximate surface area is 89.9 Å². The second-order valence-electron chi connectivity index (χ2n) is 3.88. The van der Waals surface area contributed by atoms with Crippen LogP contribution in [0.25, 0.3) is 0 Å². The van der Waals surface area contributed by atoms with Crippen molar-refractivity contribution in [2.75, 3.05) is 31.6 Å². The van der Waals surface area contributed by atoms with Crippen molar-refractivity contribution >= 4 is 17.3 Å². The monoisotopic (exact) mass is 210 g/mol. The van der Waals surface area contributed by atoms with Crippen molar-refractivity contribution in [2.45, 2.75) is 0 Å². The topological polar surface area (TPSA) is 15.3 Å². The van der Waals surface area contributed by atoms with E-state index in [1.165, 1.54) is 5.69 Å². The first-order valence-corrected chi connectivity index (χ1v) is 5.31. The van der Waals surface area contributed by atoms with E-state index in [4.69, 9.17) is 11.6 Å². The molecule has 0 radical (unpaired) electrons. The fraction of sp³-hybridized carbons (Fsp3) is 0.455. The van der Waals surface area contributed by atoms with E-state index in [0.717, 1.165) is 30.6 Å². The highest BCUT2D eigenvalue weighted by molar-refractivity contribution is 6.30. The Morgan fingerprint density at radius 2 is 2.29 bits per heavy atom. The summed E-state index contributed by atoms with van der Waals surface area (Å²) >= 11 is 5.93. The molecule has 0 aliphatic carbocycles. The van der Waals surface area contributed by atoms with Gasteiger partial charge in [-0.05, 0) is 18.2 Å². The second-order valence-corrected chi connectivity index (χ2v) is 4.32. The van der Waals surface area contributed by atoms with E-state index >= 15 is 0 Å². The first-order valence-electron chi connectivity index (χ1n) is 4.93. The van der Waals surface area contributed by atoms with Gasteiger partial charge in [-0.3, -0.25) is 0 Å². The van der Waals surface area contributed by atoms with Crippen LogP contribution >= 0.6 is 11.6 Å². The van der Waals surface area contributed by atoms with Crippen LogP contribution in [0.5, 0.6) is 0 Å². The molecule has 0 spiro atoms. The van der Waals surface area contributed by atoms with Gasteiger partial charge in [0.05, 0.1) is 0 Å². The Bertz CT molecular complexity index is 310. The molecule has 1 heterocycles. The third-order valence-corrected chi connectivity index (χ3v) is 2.88. The lowest BCUT2D eigenvalue weighted by molar-refractivity contribution is 0.353. The quantitative estimate of drug-likeness (QED) is 0.821. The first-order chi connectivity index (χ1) is 6.75. The second kappa shape index (κ2) is 4.20. The van der Waals surface area contributed by atoms with E-state index in [0.29, 0.717) is 0 Å². The van der Waals surface area contributed by atoms with Gasteiger partial charge in [0.15, 0.2) is 0 Å². The third kappa shape index (κ3) is 2.20. The van der Waals surface area contributed by atoms with Crippen LogP contribution in [0.3, 0.4) is 0 Å². The lowest BCUT2D eigenvalue weighted by Gasteiger charge is -2.32. The minimum atomic E-state index is 0.791. The summed E-state index contributed by atoms with van der Waals surface area (Å²) in [6, 6.07) is 8.00. The molecule has 2 nitrogen and oxygen atoms in total. The zero-order valence-electron chi connectivity index (χ0n) is 8.33. The number of nitrogens with one attached hydrogen (secondary N) is 1. The predicted octanol–water partition coefficient (Wildman–Crippen LogP) is 2.00. The van der Waals surface area contributed by atoms with Crippen LogP contribution in [0.1, 0.15) is 0 Å².